The third-order valence-corrected chi connectivity index (χ3v) is 2.96. The van der Waals surface area contributed by atoms with Crippen molar-refractivity contribution in [3.63, 3.8) is 0 Å². The van der Waals surface area contributed by atoms with Crippen LogP contribution in [0.3, 0.4) is 0 Å². The Bertz CT molecular complexity index is 648. The third-order valence-electron chi connectivity index (χ3n) is 2.20. The fourth-order valence-electron chi connectivity index (χ4n) is 1.49. The fourth-order valence-corrected chi connectivity index (χ4v) is 2.02. The van der Waals surface area contributed by atoms with Crippen molar-refractivity contribution >= 4 is 33.6 Å². The molecule has 3 rings (SSSR count). The van der Waals surface area contributed by atoms with Crippen LogP contribution in [0.1, 0.15) is 0 Å². The van der Waals surface area contributed by atoms with Gasteiger partial charge in [0.1, 0.15) is 11.8 Å². The quantitative estimate of drug-likeness (QED) is 0.641. The van der Waals surface area contributed by atoms with E-state index >= 15 is 0 Å². The highest BCUT2D eigenvalue weighted by Crippen LogP contribution is 2.17. The second kappa shape index (κ2) is 3.78. The van der Waals surface area contributed by atoms with Crippen molar-refractivity contribution in [2.45, 2.75) is 0 Å². The van der Waals surface area contributed by atoms with E-state index in [1.807, 2.05) is 24.3 Å². The molecule has 0 saturated heterocycles. The van der Waals surface area contributed by atoms with E-state index in [1.165, 1.54) is 6.33 Å². The zero-order chi connectivity index (χ0) is 11.0. The number of rotatable bonds is 1. The Morgan fingerprint density at radius 3 is 2.94 bits per heavy atom. The number of hydrogen-bond donors (Lipinski definition) is 0. The van der Waals surface area contributed by atoms with Gasteiger partial charge in [0.05, 0.1) is 9.09 Å². The second-order valence-electron chi connectivity index (χ2n) is 3.18. The molecule has 0 aliphatic heterocycles. The Morgan fingerprint density at radius 2 is 2.06 bits per heavy atom. The van der Waals surface area contributed by atoms with Crippen molar-refractivity contribution in [1.29, 1.82) is 0 Å². The van der Waals surface area contributed by atoms with Crippen LogP contribution in [0.5, 0.6) is 0 Å². The molecular weight excluding hydrogens is 317 g/mol. The maximum Gasteiger partial charge on any atom is 0.172 e. The zero-order valence-corrected chi connectivity index (χ0v) is 10.2. The van der Waals surface area contributed by atoms with E-state index in [2.05, 4.69) is 42.9 Å². The van der Waals surface area contributed by atoms with Gasteiger partial charge in [0.15, 0.2) is 5.82 Å². The lowest BCUT2D eigenvalue weighted by Crippen LogP contribution is -2.02. The predicted molar refractivity (Wildman–Crippen MR) is 67.2 cm³/mol. The van der Waals surface area contributed by atoms with Crippen molar-refractivity contribution in [1.82, 2.24) is 25.0 Å². The highest BCUT2D eigenvalue weighted by atomic mass is 127. The summed E-state index contributed by atoms with van der Waals surface area (Å²) in [5.74, 6) is 0.754. The van der Waals surface area contributed by atoms with Crippen LogP contribution in [-0.2, 0) is 0 Å². The summed E-state index contributed by atoms with van der Waals surface area (Å²) in [6.07, 6.45) is 3.26. The van der Waals surface area contributed by atoms with E-state index in [4.69, 9.17) is 0 Å². The van der Waals surface area contributed by atoms with Gasteiger partial charge in [0.2, 0.25) is 0 Å². The molecule has 1 aromatic carbocycles. The zero-order valence-electron chi connectivity index (χ0n) is 8.08. The number of hydrogen-bond acceptors (Lipinski definition) is 4. The molecule has 0 unspecified atom stereocenters. The molecule has 0 atom stereocenters. The summed E-state index contributed by atoms with van der Waals surface area (Å²) >= 11 is 2.18. The average Bonchev–Trinajstić information content (AvgIpc) is 2.74. The Balaban J connectivity index is 2.31. The summed E-state index contributed by atoms with van der Waals surface area (Å²) < 4.78 is 2.66. The maximum absolute atomic E-state index is 4.21. The summed E-state index contributed by atoms with van der Waals surface area (Å²) in [7, 11) is 0. The van der Waals surface area contributed by atoms with Crippen molar-refractivity contribution < 1.29 is 0 Å². The van der Waals surface area contributed by atoms with E-state index in [0.717, 1.165) is 20.4 Å². The molecule has 0 aliphatic carbocycles. The first-order chi connectivity index (χ1) is 7.86. The van der Waals surface area contributed by atoms with E-state index < -0.39 is 0 Å². The first-order valence-corrected chi connectivity index (χ1v) is 5.70. The van der Waals surface area contributed by atoms with Crippen LogP contribution in [0.25, 0.3) is 16.9 Å². The first kappa shape index (κ1) is 9.64. The lowest BCUT2D eigenvalue weighted by Gasteiger charge is -2.01. The molecule has 0 bridgehead atoms. The van der Waals surface area contributed by atoms with Gasteiger partial charge in [0, 0.05) is 6.20 Å². The fraction of sp³-hybridized carbons (Fsp3) is 0. The van der Waals surface area contributed by atoms with Gasteiger partial charge in [-0.2, -0.15) is 4.68 Å². The van der Waals surface area contributed by atoms with Gasteiger partial charge in [-0.1, -0.05) is 17.3 Å². The minimum atomic E-state index is 0.754. The summed E-state index contributed by atoms with van der Waals surface area (Å²) in [5, 5.41) is 8.18. The van der Waals surface area contributed by atoms with Crippen LogP contribution >= 0.6 is 22.6 Å². The minimum Gasteiger partial charge on any atom is -0.244 e. The topological polar surface area (TPSA) is 56.5 Å². The third kappa shape index (κ3) is 1.45. The SMILES string of the molecule is Ic1cncnc1-n1nnc2ccccc21. The molecule has 16 heavy (non-hydrogen) atoms. The first-order valence-electron chi connectivity index (χ1n) is 4.62. The van der Waals surface area contributed by atoms with Crippen LogP contribution in [0.2, 0.25) is 0 Å². The van der Waals surface area contributed by atoms with E-state index in [0.29, 0.717) is 0 Å². The Morgan fingerprint density at radius 1 is 1.19 bits per heavy atom. The molecule has 0 aliphatic rings. The summed E-state index contributed by atoms with van der Waals surface area (Å²) in [6, 6.07) is 7.78. The minimum absolute atomic E-state index is 0.754. The van der Waals surface area contributed by atoms with Gasteiger partial charge in [-0.3, -0.25) is 0 Å². The molecule has 6 heteroatoms. The number of nitrogens with zero attached hydrogens (tertiary/aromatic N) is 5. The highest BCUT2D eigenvalue weighted by molar-refractivity contribution is 14.1. The summed E-state index contributed by atoms with van der Waals surface area (Å²) in [4.78, 5) is 8.17. The molecule has 0 N–H and O–H groups in total. The van der Waals surface area contributed by atoms with E-state index in [1.54, 1.807) is 10.9 Å². The average molecular weight is 323 g/mol. The van der Waals surface area contributed by atoms with Crippen molar-refractivity contribution in [3.05, 3.63) is 40.4 Å². The molecule has 0 radical (unpaired) electrons. The van der Waals surface area contributed by atoms with Gasteiger partial charge >= 0.3 is 0 Å². The van der Waals surface area contributed by atoms with Crippen molar-refractivity contribution in [2.24, 2.45) is 0 Å². The lowest BCUT2D eigenvalue weighted by atomic mass is 10.3. The number of fused-ring (bicyclic) bond motifs is 1. The second-order valence-corrected chi connectivity index (χ2v) is 4.35. The normalized spacial score (nSPS) is 10.8. The van der Waals surface area contributed by atoms with Crippen LogP contribution < -0.4 is 0 Å². The molecular formula is C10H6IN5. The summed E-state index contributed by atoms with van der Waals surface area (Å²) in [6.45, 7) is 0. The Hall–Kier alpha value is -1.57. The van der Waals surface area contributed by atoms with E-state index in [-0.39, 0.29) is 0 Å². The molecule has 2 heterocycles. The molecule has 0 amide bonds. The predicted octanol–water partition coefficient (Wildman–Crippen LogP) is 1.82. The largest absolute Gasteiger partial charge is 0.244 e. The van der Waals surface area contributed by atoms with Gasteiger partial charge in [-0.25, -0.2) is 9.97 Å². The number of aromatic nitrogens is 5. The molecule has 0 fully saturated rings. The molecule has 78 valence electrons. The molecule has 2 aromatic heterocycles. The van der Waals surface area contributed by atoms with Crippen LogP contribution in [0.4, 0.5) is 0 Å². The molecule has 0 saturated carbocycles. The van der Waals surface area contributed by atoms with Crippen LogP contribution in [0.15, 0.2) is 36.8 Å². The van der Waals surface area contributed by atoms with Gasteiger partial charge < -0.3 is 0 Å². The van der Waals surface area contributed by atoms with Gasteiger partial charge in [0.25, 0.3) is 0 Å². The smallest absolute Gasteiger partial charge is 0.172 e. The molecule has 0 spiro atoms. The molecule has 3 aromatic rings. The lowest BCUT2D eigenvalue weighted by molar-refractivity contribution is 0.792. The monoisotopic (exact) mass is 323 g/mol. The molecule has 5 nitrogen and oxygen atoms in total. The van der Waals surface area contributed by atoms with Gasteiger partial charge in [-0.15, -0.1) is 5.10 Å². The van der Waals surface area contributed by atoms with E-state index in [9.17, 15) is 0 Å². The number of benzene rings is 1. The summed E-state index contributed by atoms with van der Waals surface area (Å²) in [5.41, 5.74) is 1.80. The highest BCUT2D eigenvalue weighted by Gasteiger charge is 2.09. The van der Waals surface area contributed by atoms with Crippen molar-refractivity contribution in [3.8, 4) is 5.82 Å². The standard InChI is InChI=1S/C10H6IN5/c11-7-5-12-6-13-10(7)16-9-4-2-1-3-8(9)14-15-16/h1-6H. The van der Waals surface area contributed by atoms with Crippen LogP contribution in [-0.4, -0.2) is 25.0 Å². The number of halogens is 1. The van der Waals surface area contributed by atoms with Gasteiger partial charge in [-0.05, 0) is 34.7 Å². The Labute approximate surface area is 105 Å². The Kier molecular flexibility index (Phi) is 2.28. The van der Waals surface area contributed by atoms with Crippen molar-refractivity contribution in [2.75, 3.05) is 0 Å². The maximum atomic E-state index is 4.21. The number of para-hydroxylation sites is 1. The van der Waals surface area contributed by atoms with Crippen LogP contribution in [0, 0.1) is 3.57 Å².